The van der Waals surface area contributed by atoms with Crippen LogP contribution in [0.4, 0.5) is 0 Å². The topological polar surface area (TPSA) is 40.5 Å². The third kappa shape index (κ3) is 2.73. The van der Waals surface area contributed by atoms with Crippen LogP contribution in [0.15, 0.2) is 36.4 Å². The molecule has 0 fully saturated rings. The lowest BCUT2D eigenvalue weighted by Gasteiger charge is -2.19. The number of rotatable bonds is 3. The Morgan fingerprint density at radius 1 is 0.842 bits per heavy atom. The Morgan fingerprint density at radius 2 is 1.26 bits per heavy atom. The average Bonchev–Trinajstić information content (AvgIpc) is 2.34. The van der Waals surface area contributed by atoms with Gasteiger partial charge in [0, 0.05) is 17.0 Å². The molecule has 2 rings (SSSR count). The van der Waals surface area contributed by atoms with Crippen LogP contribution in [0.3, 0.4) is 0 Å². The van der Waals surface area contributed by atoms with Gasteiger partial charge in [-0.05, 0) is 43.5 Å². The first kappa shape index (κ1) is 13.5. The van der Waals surface area contributed by atoms with Crippen LogP contribution in [-0.2, 0) is 0 Å². The van der Waals surface area contributed by atoms with E-state index >= 15 is 0 Å². The predicted molar refractivity (Wildman–Crippen MR) is 77.8 cm³/mol. The van der Waals surface area contributed by atoms with Crippen LogP contribution in [0.25, 0.3) is 0 Å². The zero-order valence-corrected chi connectivity index (χ0v) is 11.6. The Bertz CT molecular complexity index is 536. The van der Waals surface area contributed by atoms with Crippen molar-refractivity contribution in [2.24, 2.45) is 0 Å². The predicted octanol–water partition coefficient (Wildman–Crippen LogP) is 4.26. The summed E-state index contributed by atoms with van der Waals surface area (Å²) in [6.45, 7) is 5.96. The molecule has 0 spiro atoms. The Labute approximate surface area is 114 Å². The minimum Gasteiger partial charge on any atom is -0.508 e. The fraction of sp³-hybridized carbons (Fsp3) is 0.294. The third-order valence-electron chi connectivity index (χ3n) is 3.53. The molecule has 2 nitrogen and oxygen atoms in total. The molecule has 0 saturated heterocycles. The van der Waals surface area contributed by atoms with E-state index in [-0.39, 0.29) is 5.92 Å². The molecule has 0 aromatic heterocycles. The van der Waals surface area contributed by atoms with Crippen LogP contribution in [0.2, 0.25) is 0 Å². The minimum absolute atomic E-state index is 0.0150. The van der Waals surface area contributed by atoms with Crippen LogP contribution in [0.5, 0.6) is 11.5 Å². The third-order valence-corrected chi connectivity index (χ3v) is 3.53. The Kier molecular flexibility index (Phi) is 3.79. The lowest BCUT2D eigenvalue weighted by Crippen LogP contribution is -2.01. The molecule has 0 saturated carbocycles. The van der Waals surface area contributed by atoms with Crippen LogP contribution in [0.1, 0.15) is 41.5 Å². The van der Waals surface area contributed by atoms with Crippen molar-refractivity contribution in [3.05, 3.63) is 58.7 Å². The van der Waals surface area contributed by atoms with Crippen molar-refractivity contribution in [2.45, 2.75) is 33.1 Å². The molecule has 0 atom stereocenters. The van der Waals surface area contributed by atoms with Crippen molar-refractivity contribution in [3.8, 4) is 11.5 Å². The van der Waals surface area contributed by atoms with Crippen molar-refractivity contribution in [2.75, 3.05) is 0 Å². The fourth-order valence-electron chi connectivity index (χ4n) is 2.50. The van der Waals surface area contributed by atoms with Crippen molar-refractivity contribution in [3.63, 3.8) is 0 Å². The molecule has 0 radical (unpaired) electrons. The first-order chi connectivity index (χ1) is 9.02. The molecule has 0 unspecified atom stereocenters. The lowest BCUT2D eigenvalue weighted by atomic mass is 9.87. The molecule has 0 aliphatic carbocycles. The second kappa shape index (κ2) is 5.35. The summed E-state index contributed by atoms with van der Waals surface area (Å²) in [6.07, 6.45) is 0.827. The van der Waals surface area contributed by atoms with Gasteiger partial charge in [-0.15, -0.1) is 0 Å². The van der Waals surface area contributed by atoms with Gasteiger partial charge in [-0.2, -0.15) is 0 Å². The largest absolute Gasteiger partial charge is 0.508 e. The molecule has 0 bridgehead atoms. The van der Waals surface area contributed by atoms with E-state index in [4.69, 9.17) is 0 Å². The smallest absolute Gasteiger partial charge is 0.119 e. The van der Waals surface area contributed by atoms with E-state index in [0.29, 0.717) is 11.5 Å². The lowest BCUT2D eigenvalue weighted by molar-refractivity contribution is 0.452. The van der Waals surface area contributed by atoms with Gasteiger partial charge in [-0.25, -0.2) is 0 Å². The maximum Gasteiger partial charge on any atom is 0.119 e. The molecule has 2 N–H and O–H groups in total. The summed E-state index contributed by atoms with van der Waals surface area (Å²) < 4.78 is 0. The maximum atomic E-state index is 10.1. The van der Waals surface area contributed by atoms with E-state index in [9.17, 15) is 10.2 Å². The highest BCUT2D eigenvalue weighted by Crippen LogP contribution is 2.38. The number of benzene rings is 2. The first-order valence-electron chi connectivity index (χ1n) is 6.62. The van der Waals surface area contributed by atoms with Gasteiger partial charge in [0.2, 0.25) is 0 Å². The highest BCUT2D eigenvalue weighted by atomic mass is 16.3. The molecular weight excluding hydrogens is 236 g/mol. The number of aromatic hydroxyl groups is 2. The Morgan fingerprint density at radius 3 is 1.58 bits per heavy atom. The SMILES string of the molecule is CCC(c1ccc(C)cc1O)c1ccc(C)cc1O. The van der Waals surface area contributed by atoms with Crippen LogP contribution < -0.4 is 0 Å². The fourth-order valence-corrected chi connectivity index (χ4v) is 2.50. The van der Waals surface area contributed by atoms with Gasteiger partial charge in [0.05, 0.1) is 0 Å². The highest BCUT2D eigenvalue weighted by molar-refractivity contribution is 5.48. The summed E-state index contributed by atoms with van der Waals surface area (Å²) in [5.41, 5.74) is 3.80. The quantitative estimate of drug-likeness (QED) is 0.861. The number of hydrogen-bond donors (Lipinski definition) is 2. The van der Waals surface area contributed by atoms with E-state index in [1.165, 1.54) is 0 Å². The summed E-state index contributed by atoms with van der Waals surface area (Å²) in [5, 5.41) is 20.2. The standard InChI is InChI=1S/C17H20O2/c1-4-13(14-7-5-11(2)9-16(14)18)15-8-6-12(3)10-17(15)19/h5-10,13,18-19H,4H2,1-3H3. The number of phenols is 2. The van der Waals surface area contributed by atoms with Crippen molar-refractivity contribution >= 4 is 0 Å². The molecule has 0 heterocycles. The molecule has 100 valence electrons. The summed E-state index contributed by atoms with van der Waals surface area (Å²) >= 11 is 0. The van der Waals surface area contributed by atoms with Gasteiger partial charge in [0.25, 0.3) is 0 Å². The second-order valence-corrected chi connectivity index (χ2v) is 5.09. The first-order valence-corrected chi connectivity index (χ1v) is 6.62. The zero-order chi connectivity index (χ0) is 14.0. The number of hydrogen-bond acceptors (Lipinski definition) is 2. The highest BCUT2D eigenvalue weighted by Gasteiger charge is 2.18. The normalized spacial score (nSPS) is 10.9. The van der Waals surface area contributed by atoms with E-state index in [1.54, 1.807) is 12.1 Å². The molecule has 0 aliphatic rings. The van der Waals surface area contributed by atoms with Gasteiger partial charge in [0.1, 0.15) is 11.5 Å². The van der Waals surface area contributed by atoms with Gasteiger partial charge < -0.3 is 10.2 Å². The van der Waals surface area contributed by atoms with Crippen molar-refractivity contribution in [1.82, 2.24) is 0 Å². The summed E-state index contributed by atoms with van der Waals surface area (Å²) in [7, 11) is 0. The monoisotopic (exact) mass is 256 g/mol. The molecule has 2 heteroatoms. The van der Waals surface area contributed by atoms with E-state index in [1.807, 2.05) is 38.1 Å². The van der Waals surface area contributed by atoms with E-state index < -0.39 is 0 Å². The van der Waals surface area contributed by atoms with E-state index in [0.717, 1.165) is 28.7 Å². The Hall–Kier alpha value is -1.96. The second-order valence-electron chi connectivity index (χ2n) is 5.09. The Balaban J connectivity index is 2.50. The summed E-state index contributed by atoms with van der Waals surface area (Å²) in [6, 6.07) is 11.4. The summed E-state index contributed by atoms with van der Waals surface area (Å²) in [4.78, 5) is 0. The van der Waals surface area contributed by atoms with Crippen molar-refractivity contribution in [1.29, 1.82) is 0 Å². The van der Waals surface area contributed by atoms with Crippen LogP contribution in [-0.4, -0.2) is 10.2 Å². The molecule has 2 aromatic carbocycles. The average molecular weight is 256 g/mol. The maximum absolute atomic E-state index is 10.1. The zero-order valence-electron chi connectivity index (χ0n) is 11.6. The minimum atomic E-state index is 0.0150. The van der Waals surface area contributed by atoms with Gasteiger partial charge >= 0.3 is 0 Å². The molecular formula is C17H20O2. The van der Waals surface area contributed by atoms with E-state index in [2.05, 4.69) is 6.92 Å². The number of phenolic OH excluding ortho intramolecular Hbond substituents is 2. The van der Waals surface area contributed by atoms with Gasteiger partial charge in [-0.1, -0.05) is 31.2 Å². The van der Waals surface area contributed by atoms with Crippen LogP contribution in [0, 0.1) is 13.8 Å². The van der Waals surface area contributed by atoms with Crippen LogP contribution >= 0.6 is 0 Å². The molecule has 2 aromatic rings. The summed E-state index contributed by atoms with van der Waals surface area (Å²) in [5.74, 6) is 0.611. The molecule has 0 amide bonds. The molecule has 0 aliphatic heterocycles. The van der Waals surface area contributed by atoms with Gasteiger partial charge in [-0.3, -0.25) is 0 Å². The molecule has 19 heavy (non-hydrogen) atoms. The number of aryl methyl sites for hydroxylation is 2. The van der Waals surface area contributed by atoms with Crippen molar-refractivity contribution < 1.29 is 10.2 Å². The van der Waals surface area contributed by atoms with Gasteiger partial charge in [0.15, 0.2) is 0 Å².